The molecule has 34 heavy (non-hydrogen) atoms. The molecule has 8 nitrogen and oxygen atoms in total. The zero-order valence-electron chi connectivity index (χ0n) is 18.5. The van der Waals surface area contributed by atoms with Crippen molar-refractivity contribution in [2.24, 2.45) is 5.10 Å². The molecule has 0 saturated heterocycles. The zero-order chi connectivity index (χ0) is 23.5. The Hall–Kier alpha value is -4.33. The molecular weight excluding hydrogens is 436 g/mol. The van der Waals surface area contributed by atoms with Crippen LogP contribution in [0.1, 0.15) is 33.9 Å². The largest absolute Gasteiger partial charge is 0.497 e. The van der Waals surface area contributed by atoms with Crippen LogP contribution in [0.5, 0.6) is 17.2 Å². The van der Waals surface area contributed by atoms with Gasteiger partial charge in [0, 0.05) is 6.42 Å². The molecule has 0 N–H and O–H groups in total. The summed E-state index contributed by atoms with van der Waals surface area (Å²) in [6.07, 6.45) is 0.540. The van der Waals surface area contributed by atoms with Crippen molar-refractivity contribution >= 4 is 17.6 Å². The van der Waals surface area contributed by atoms with Crippen molar-refractivity contribution in [3.05, 3.63) is 89.5 Å². The van der Waals surface area contributed by atoms with Gasteiger partial charge < -0.3 is 18.9 Å². The molecule has 1 atom stereocenters. The van der Waals surface area contributed by atoms with Crippen LogP contribution in [0.4, 0.5) is 0 Å². The molecule has 0 aliphatic carbocycles. The number of hydrogen-bond acceptors (Lipinski definition) is 7. The van der Waals surface area contributed by atoms with E-state index in [9.17, 15) is 9.59 Å². The number of benzene rings is 3. The maximum atomic E-state index is 13.1. The van der Waals surface area contributed by atoms with Gasteiger partial charge in [0.25, 0.3) is 5.91 Å². The van der Waals surface area contributed by atoms with Crippen LogP contribution in [0, 0.1) is 0 Å². The van der Waals surface area contributed by atoms with Crippen LogP contribution in [0.25, 0.3) is 0 Å². The molecule has 5 rings (SSSR count). The molecule has 172 valence electrons. The van der Waals surface area contributed by atoms with Gasteiger partial charge in [0.2, 0.25) is 6.79 Å². The number of esters is 1. The van der Waals surface area contributed by atoms with E-state index in [2.05, 4.69) is 5.10 Å². The second kappa shape index (κ2) is 9.27. The van der Waals surface area contributed by atoms with Crippen molar-refractivity contribution in [1.82, 2.24) is 5.01 Å². The highest BCUT2D eigenvalue weighted by molar-refractivity contribution is 6.03. The molecule has 0 saturated carbocycles. The minimum absolute atomic E-state index is 0.107. The topological polar surface area (TPSA) is 86.7 Å². The summed E-state index contributed by atoms with van der Waals surface area (Å²) in [5, 5.41) is 6.00. The van der Waals surface area contributed by atoms with Crippen LogP contribution in [-0.2, 0) is 9.53 Å². The molecule has 2 heterocycles. The lowest BCUT2D eigenvalue weighted by Gasteiger charge is -2.22. The molecule has 0 fully saturated rings. The molecule has 0 radical (unpaired) electrons. The number of hydrazone groups is 1. The van der Waals surface area contributed by atoms with Crippen LogP contribution in [-0.4, -0.2) is 43.1 Å². The number of amides is 1. The van der Waals surface area contributed by atoms with E-state index < -0.39 is 18.5 Å². The first-order chi connectivity index (χ1) is 16.6. The van der Waals surface area contributed by atoms with E-state index >= 15 is 0 Å². The van der Waals surface area contributed by atoms with Crippen molar-refractivity contribution in [2.75, 3.05) is 20.5 Å². The molecule has 1 unspecified atom stereocenters. The number of methoxy groups -OCH3 is 1. The van der Waals surface area contributed by atoms with Gasteiger partial charge in [-0.2, -0.15) is 5.10 Å². The molecule has 2 aliphatic rings. The number of fused-ring (bicyclic) bond motifs is 1. The van der Waals surface area contributed by atoms with E-state index in [1.54, 1.807) is 19.2 Å². The van der Waals surface area contributed by atoms with Gasteiger partial charge in [-0.25, -0.2) is 9.80 Å². The van der Waals surface area contributed by atoms with E-state index in [0.717, 1.165) is 22.6 Å². The maximum Gasteiger partial charge on any atom is 0.338 e. The van der Waals surface area contributed by atoms with Crippen molar-refractivity contribution < 1.29 is 28.5 Å². The van der Waals surface area contributed by atoms with Gasteiger partial charge in [-0.05, 0) is 41.5 Å². The van der Waals surface area contributed by atoms with Crippen molar-refractivity contribution in [3.8, 4) is 17.2 Å². The molecule has 1 amide bonds. The van der Waals surface area contributed by atoms with Crippen LogP contribution >= 0.6 is 0 Å². The van der Waals surface area contributed by atoms with Crippen LogP contribution < -0.4 is 14.2 Å². The van der Waals surface area contributed by atoms with E-state index in [-0.39, 0.29) is 18.4 Å². The molecule has 3 aromatic carbocycles. The summed E-state index contributed by atoms with van der Waals surface area (Å²) in [5.74, 6) is 0.716. The molecule has 8 heteroatoms. The Morgan fingerprint density at radius 1 is 1.00 bits per heavy atom. The Morgan fingerprint density at radius 2 is 1.76 bits per heavy atom. The average Bonchev–Trinajstić information content (AvgIpc) is 3.55. The van der Waals surface area contributed by atoms with Gasteiger partial charge in [0.1, 0.15) is 5.75 Å². The Labute approximate surface area is 196 Å². The minimum atomic E-state index is -0.626. The van der Waals surface area contributed by atoms with Gasteiger partial charge in [-0.3, -0.25) is 4.79 Å². The first-order valence-electron chi connectivity index (χ1n) is 10.8. The Kier molecular flexibility index (Phi) is 5.86. The number of rotatable bonds is 6. The summed E-state index contributed by atoms with van der Waals surface area (Å²) in [7, 11) is 1.60. The Morgan fingerprint density at radius 3 is 2.53 bits per heavy atom. The van der Waals surface area contributed by atoms with Gasteiger partial charge in [0.15, 0.2) is 18.1 Å². The smallest absolute Gasteiger partial charge is 0.338 e. The van der Waals surface area contributed by atoms with Gasteiger partial charge >= 0.3 is 5.97 Å². The summed E-state index contributed by atoms with van der Waals surface area (Å²) < 4.78 is 21.1. The van der Waals surface area contributed by atoms with Gasteiger partial charge in [-0.1, -0.05) is 42.5 Å². The molecular formula is C26H22N2O6. The first kappa shape index (κ1) is 21.5. The number of carbonyl (C=O) groups is 2. The highest BCUT2D eigenvalue weighted by Crippen LogP contribution is 2.34. The normalized spacial score (nSPS) is 16.2. The predicted molar refractivity (Wildman–Crippen MR) is 123 cm³/mol. The van der Waals surface area contributed by atoms with E-state index in [0.29, 0.717) is 17.9 Å². The second-order valence-corrected chi connectivity index (χ2v) is 7.79. The fourth-order valence-corrected chi connectivity index (χ4v) is 3.93. The summed E-state index contributed by atoms with van der Waals surface area (Å²) in [4.78, 5) is 25.7. The monoisotopic (exact) mass is 458 g/mol. The van der Waals surface area contributed by atoms with Crippen molar-refractivity contribution in [1.29, 1.82) is 0 Å². The second-order valence-electron chi connectivity index (χ2n) is 7.79. The van der Waals surface area contributed by atoms with Crippen LogP contribution in [0.3, 0.4) is 0 Å². The molecule has 3 aromatic rings. The fourth-order valence-electron chi connectivity index (χ4n) is 3.93. The Bertz CT molecular complexity index is 1240. The highest BCUT2D eigenvalue weighted by Gasteiger charge is 2.33. The highest BCUT2D eigenvalue weighted by atomic mass is 16.7. The zero-order valence-corrected chi connectivity index (χ0v) is 18.5. The molecule has 0 bridgehead atoms. The first-order valence-corrected chi connectivity index (χ1v) is 10.8. The third kappa shape index (κ3) is 4.30. The third-order valence-corrected chi connectivity index (χ3v) is 5.71. The minimum Gasteiger partial charge on any atom is -0.497 e. The standard InChI is InChI=1S/C26H22N2O6/c1-31-20-10-7-18(8-11-20)22-14-21(17-5-3-2-4-6-17)27-28(22)25(29)15-32-26(30)19-9-12-23-24(13-19)34-16-33-23/h2-13,22H,14-16H2,1H3. The van der Waals surface area contributed by atoms with Crippen LogP contribution in [0.15, 0.2) is 77.9 Å². The number of ether oxygens (including phenoxy) is 4. The summed E-state index contributed by atoms with van der Waals surface area (Å²) in [6.45, 7) is -0.332. The van der Waals surface area contributed by atoms with E-state index in [4.69, 9.17) is 18.9 Å². The fraction of sp³-hybridized carbons (Fsp3) is 0.192. The number of nitrogens with zero attached hydrogens (tertiary/aromatic N) is 2. The summed E-state index contributed by atoms with van der Waals surface area (Å²) in [5.41, 5.74) is 2.91. The van der Waals surface area contributed by atoms with Crippen LogP contribution in [0.2, 0.25) is 0 Å². The molecule has 2 aliphatic heterocycles. The van der Waals surface area contributed by atoms with E-state index in [1.165, 1.54) is 11.1 Å². The average molecular weight is 458 g/mol. The maximum absolute atomic E-state index is 13.1. The Balaban J connectivity index is 1.33. The lowest BCUT2D eigenvalue weighted by Crippen LogP contribution is -2.31. The number of hydrogen-bond donors (Lipinski definition) is 0. The quantitative estimate of drug-likeness (QED) is 0.520. The van der Waals surface area contributed by atoms with E-state index in [1.807, 2.05) is 54.6 Å². The third-order valence-electron chi connectivity index (χ3n) is 5.71. The molecule has 0 aromatic heterocycles. The SMILES string of the molecule is COc1ccc(C2CC(c3ccccc3)=NN2C(=O)COC(=O)c2ccc3c(c2)OCO3)cc1. The molecule has 0 spiro atoms. The van der Waals surface area contributed by atoms with Crippen molar-refractivity contribution in [3.63, 3.8) is 0 Å². The lowest BCUT2D eigenvalue weighted by molar-refractivity contribution is -0.136. The lowest BCUT2D eigenvalue weighted by atomic mass is 9.98. The summed E-state index contributed by atoms with van der Waals surface area (Å²) in [6, 6.07) is 21.6. The summed E-state index contributed by atoms with van der Waals surface area (Å²) >= 11 is 0. The number of carbonyl (C=O) groups excluding carboxylic acids is 2. The van der Waals surface area contributed by atoms with Crippen molar-refractivity contribution in [2.45, 2.75) is 12.5 Å². The predicted octanol–water partition coefficient (Wildman–Crippen LogP) is 3.96. The van der Waals surface area contributed by atoms with Gasteiger partial charge in [-0.15, -0.1) is 0 Å². The van der Waals surface area contributed by atoms with Gasteiger partial charge in [0.05, 0.1) is 24.4 Å².